The Morgan fingerprint density at radius 2 is 1.67 bits per heavy atom. The van der Waals surface area contributed by atoms with E-state index < -0.39 is 23.3 Å². The van der Waals surface area contributed by atoms with Gasteiger partial charge < -0.3 is 29.1 Å². The van der Waals surface area contributed by atoms with Crippen LogP contribution < -0.4 is 25.2 Å². The molecule has 0 aliphatic heterocycles. The zero-order valence-corrected chi connectivity index (χ0v) is 18.6. The van der Waals surface area contributed by atoms with Crippen molar-refractivity contribution in [1.82, 2.24) is 0 Å². The van der Waals surface area contributed by atoms with E-state index in [1.807, 2.05) is 0 Å². The topological polar surface area (TPSA) is 107 Å². The lowest BCUT2D eigenvalue weighted by Gasteiger charge is -2.21. The molecule has 0 saturated carbocycles. The van der Waals surface area contributed by atoms with Crippen LogP contribution in [0.2, 0.25) is 0 Å². The lowest BCUT2D eigenvalue weighted by molar-refractivity contribution is -0.116. The summed E-state index contributed by atoms with van der Waals surface area (Å²) in [5.41, 5.74) is -0.0413. The number of benzene rings is 2. The molecule has 1 aromatic heterocycles. The van der Waals surface area contributed by atoms with Crippen LogP contribution in [0.1, 0.15) is 29.2 Å². The Labute approximate surface area is 189 Å². The van der Waals surface area contributed by atoms with Crippen LogP contribution in [0.5, 0.6) is 23.0 Å². The van der Waals surface area contributed by atoms with Gasteiger partial charge in [0.25, 0.3) is 0 Å². The maximum atomic E-state index is 13.2. The molecule has 0 aliphatic rings. The van der Waals surface area contributed by atoms with E-state index >= 15 is 0 Å². The Hall–Kier alpha value is -4.01. The first-order valence-electron chi connectivity index (χ1n) is 9.96. The van der Waals surface area contributed by atoms with Crippen LogP contribution in [0.25, 0.3) is 0 Å². The van der Waals surface area contributed by atoms with E-state index in [2.05, 4.69) is 5.32 Å². The van der Waals surface area contributed by atoms with Gasteiger partial charge in [-0.05, 0) is 48.9 Å². The SMILES string of the molecule is COc1cc([C@H](CC(=O)Nc2ccc(F)cc2)c2c(O)cc(C)oc2=O)cc(OC)c1OC. The molecule has 0 saturated heterocycles. The maximum Gasteiger partial charge on any atom is 0.343 e. The number of anilines is 1. The summed E-state index contributed by atoms with van der Waals surface area (Å²) >= 11 is 0. The van der Waals surface area contributed by atoms with Crippen LogP contribution in [0, 0.1) is 12.7 Å². The summed E-state index contributed by atoms with van der Waals surface area (Å²) in [5, 5.41) is 13.2. The fourth-order valence-corrected chi connectivity index (χ4v) is 3.55. The molecule has 9 heteroatoms. The number of carbonyl (C=O) groups excluding carboxylic acids is 1. The minimum atomic E-state index is -0.920. The van der Waals surface area contributed by atoms with Crippen LogP contribution in [0.3, 0.4) is 0 Å². The number of aromatic hydroxyl groups is 1. The molecule has 0 bridgehead atoms. The average molecular weight is 457 g/mol. The third-order valence-corrected chi connectivity index (χ3v) is 5.04. The Kier molecular flexibility index (Phi) is 7.22. The number of hydrogen-bond donors (Lipinski definition) is 2. The Morgan fingerprint density at radius 3 is 2.18 bits per heavy atom. The Morgan fingerprint density at radius 1 is 1.06 bits per heavy atom. The van der Waals surface area contributed by atoms with Gasteiger partial charge in [0.15, 0.2) is 11.5 Å². The van der Waals surface area contributed by atoms with Gasteiger partial charge in [-0.15, -0.1) is 0 Å². The van der Waals surface area contributed by atoms with Crippen LogP contribution >= 0.6 is 0 Å². The lowest BCUT2D eigenvalue weighted by atomic mass is 9.88. The molecule has 0 radical (unpaired) electrons. The van der Waals surface area contributed by atoms with Crippen molar-refractivity contribution in [3.63, 3.8) is 0 Å². The van der Waals surface area contributed by atoms with Crippen molar-refractivity contribution in [3.05, 3.63) is 75.6 Å². The van der Waals surface area contributed by atoms with Crippen molar-refractivity contribution < 1.29 is 32.9 Å². The number of carbonyl (C=O) groups is 1. The summed E-state index contributed by atoms with van der Waals surface area (Å²) in [4.78, 5) is 25.6. The van der Waals surface area contributed by atoms with E-state index in [0.717, 1.165) is 0 Å². The van der Waals surface area contributed by atoms with Gasteiger partial charge in [0.1, 0.15) is 17.3 Å². The molecule has 2 aromatic carbocycles. The molecule has 8 nitrogen and oxygen atoms in total. The van der Waals surface area contributed by atoms with Gasteiger partial charge in [-0.1, -0.05) is 0 Å². The summed E-state index contributed by atoms with van der Waals surface area (Å²) < 4.78 is 34.5. The zero-order valence-electron chi connectivity index (χ0n) is 18.6. The molecule has 174 valence electrons. The highest BCUT2D eigenvalue weighted by Gasteiger charge is 2.28. The molecule has 1 heterocycles. The molecule has 2 N–H and O–H groups in total. The second kappa shape index (κ2) is 10.1. The van der Waals surface area contributed by atoms with Gasteiger partial charge >= 0.3 is 5.63 Å². The van der Waals surface area contributed by atoms with E-state index in [4.69, 9.17) is 18.6 Å². The van der Waals surface area contributed by atoms with Crippen LogP contribution in [0.15, 0.2) is 51.7 Å². The van der Waals surface area contributed by atoms with Crippen molar-refractivity contribution >= 4 is 11.6 Å². The normalized spacial score (nSPS) is 11.5. The fourth-order valence-electron chi connectivity index (χ4n) is 3.55. The standard InChI is InChI=1S/C24H24FNO7/c1-13-9-18(27)22(24(29)33-13)17(12-21(28)26-16-7-5-15(25)6-8-16)14-10-19(30-2)23(32-4)20(11-14)31-3/h5-11,17,27H,12H2,1-4H3,(H,26,28)/t17-/m0/s1. The highest BCUT2D eigenvalue weighted by atomic mass is 19.1. The molecule has 1 amide bonds. The molecule has 3 rings (SSSR count). The molecule has 0 unspecified atom stereocenters. The molecular weight excluding hydrogens is 433 g/mol. The number of aryl methyl sites for hydroxylation is 1. The Bertz CT molecular complexity index is 1180. The van der Waals surface area contributed by atoms with Crippen LogP contribution in [0.4, 0.5) is 10.1 Å². The number of hydrogen-bond acceptors (Lipinski definition) is 7. The summed E-state index contributed by atoms with van der Waals surface area (Å²) in [6.07, 6.45) is -0.239. The number of halogens is 1. The quantitative estimate of drug-likeness (QED) is 0.527. The maximum absolute atomic E-state index is 13.2. The van der Waals surface area contributed by atoms with Gasteiger partial charge in [0, 0.05) is 24.1 Å². The zero-order chi connectivity index (χ0) is 24.1. The number of ether oxygens (including phenoxy) is 3. The van der Waals surface area contributed by atoms with Crippen LogP contribution in [-0.4, -0.2) is 32.3 Å². The predicted molar refractivity (Wildman–Crippen MR) is 119 cm³/mol. The molecule has 0 aliphatic carbocycles. The van der Waals surface area contributed by atoms with Gasteiger partial charge in [0.05, 0.1) is 26.9 Å². The molecule has 0 fully saturated rings. The molecule has 3 aromatic rings. The minimum Gasteiger partial charge on any atom is -0.507 e. The first-order chi connectivity index (χ1) is 15.8. The number of methoxy groups -OCH3 is 3. The second-order valence-corrected chi connectivity index (χ2v) is 7.21. The first kappa shape index (κ1) is 23.6. The number of nitrogens with one attached hydrogen (secondary N) is 1. The van der Waals surface area contributed by atoms with E-state index in [9.17, 15) is 19.1 Å². The van der Waals surface area contributed by atoms with Gasteiger partial charge in [-0.2, -0.15) is 0 Å². The summed E-state index contributed by atoms with van der Waals surface area (Å²) in [5.74, 6) is -0.962. The molecule has 33 heavy (non-hydrogen) atoms. The van der Waals surface area contributed by atoms with E-state index in [-0.39, 0.29) is 23.5 Å². The predicted octanol–water partition coefficient (Wildman–Crippen LogP) is 3.98. The van der Waals surface area contributed by atoms with E-state index in [1.54, 1.807) is 12.1 Å². The summed E-state index contributed by atoms with van der Waals surface area (Å²) in [7, 11) is 4.33. The monoisotopic (exact) mass is 457 g/mol. The van der Waals surface area contributed by atoms with Crippen molar-refractivity contribution in [2.75, 3.05) is 26.6 Å². The third-order valence-electron chi connectivity index (χ3n) is 5.04. The third kappa shape index (κ3) is 5.25. The smallest absolute Gasteiger partial charge is 0.343 e. The summed E-state index contributed by atoms with van der Waals surface area (Å²) in [6, 6.07) is 9.75. The molecule has 1 atom stereocenters. The fraction of sp³-hybridized carbons (Fsp3) is 0.250. The minimum absolute atomic E-state index is 0.0934. The van der Waals surface area contributed by atoms with Crippen molar-refractivity contribution in [1.29, 1.82) is 0 Å². The van der Waals surface area contributed by atoms with Crippen molar-refractivity contribution in [2.24, 2.45) is 0 Å². The highest BCUT2D eigenvalue weighted by Crippen LogP contribution is 2.43. The van der Waals surface area contributed by atoms with Gasteiger partial charge in [-0.25, -0.2) is 9.18 Å². The van der Waals surface area contributed by atoms with Crippen LogP contribution in [-0.2, 0) is 4.79 Å². The molecular formula is C24H24FNO7. The van der Waals surface area contributed by atoms with Crippen molar-refractivity contribution in [3.8, 4) is 23.0 Å². The van der Waals surface area contributed by atoms with Gasteiger partial charge in [-0.3, -0.25) is 4.79 Å². The first-order valence-corrected chi connectivity index (χ1v) is 9.96. The second-order valence-electron chi connectivity index (χ2n) is 7.21. The summed E-state index contributed by atoms with van der Waals surface area (Å²) in [6.45, 7) is 1.53. The van der Waals surface area contributed by atoms with Crippen molar-refractivity contribution in [2.45, 2.75) is 19.3 Å². The average Bonchev–Trinajstić information content (AvgIpc) is 2.78. The van der Waals surface area contributed by atoms with Gasteiger partial charge in [0.2, 0.25) is 11.7 Å². The Balaban J connectivity index is 2.09. The largest absolute Gasteiger partial charge is 0.507 e. The molecule has 0 spiro atoms. The number of rotatable bonds is 8. The lowest BCUT2D eigenvalue weighted by Crippen LogP contribution is -2.21. The highest BCUT2D eigenvalue weighted by molar-refractivity contribution is 5.91. The number of amides is 1. The van der Waals surface area contributed by atoms with E-state index in [1.165, 1.54) is 58.6 Å². The van der Waals surface area contributed by atoms with E-state index in [0.29, 0.717) is 28.5 Å².